The van der Waals surface area contributed by atoms with Crippen molar-refractivity contribution in [2.24, 2.45) is 25.6 Å². The number of nitrogen functional groups attached to an aromatic ring is 2. The first-order valence-electron chi connectivity index (χ1n) is 14.7. The van der Waals surface area contributed by atoms with Crippen molar-refractivity contribution in [1.82, 2.24) is 4.90 Å². The summed E-state index contributed by atoms with van der Waals surface area (Å²) in [5.41, 5.74) is 19.9. The van der Waals surface area contributed by atoms with E-state index in [4.69, 9.17) is 16.6 Å². The highest BCUT2D eigenvalue weighted by molar-refractivity contribution is 7.99. The fraction of sp³-hybridized carbons (Fsp3) is 0.0857. The minimum atomic E-state index is -1.30. The van der Waals surface area contributed by atoms with Gasteiger partial charge in [0, 0.05) is 29.4 Å². The third kappa shape index (κ3) is 8.50. The molecule has 0 saturated heterocycles. The first-order valence-corrected chi connectivity index (χ1v) is 15.5. The van der Waals surface area contributed by atoms with Crippen molar-refractivity contribution >= 4 is 74.9 Å². The molecule has 5 rings (SSSR count). The van der Waals surface area contributed by atoms with Crippen LogP contribution in [-0.2, 0) is 9.59 Å². The molecule has 0 bridgehead atoms. The lowest BCUT2D eigenvalue weighted by Crippen LogP contribution is -2.21. The molecule has 0 aromatic heterocycles. The summed E-state index contributed by atoms with van der Waals surface area (Å²) in [6.45, 7) is 1.82. The van der Waals surface area contributed by atoms with Crippen molar-refractivity contribution < 1.29 is 19.5 Å². The van der Waals surface area contributed by atoms with Crippen molar-refractivity contribution in [3.63, 3.8) is 0 Å². The Bertz CT molecular complexity index is 2070. The minimum Gasteiger partial charge on any atom is -0.478 e. The lowest BCUT2D eigenvalue weighted by atomic mass is 10.0. The number of carboxylic acid groups (broad SMARTS) is 1. The Morgan fingerprint density at radius 1 is 0.796 bits per heavy atom. The van der Waals surface area contributed by atoms with Gasteiger partial charge in [0.05, 0.1) is 34.1 Å². The number of carboxylic acids is 1. The Morgan fingerprint density at radius 3 is 2.00 bits per heavy atom. The molecule has 4 aromatic rings. The number of azo groups is 2. The number of rotatable bonds is 10. The van der Waals surface area contributed by atoms with Gasteiger partial charge in [-0.25, -0.2) is 4.79 Å². The first-order chi connectivity index (χ1) is 23.5. The predicted molar refractivity (Wildman–Crippen MR) is 191 cm³/mol. The molecule has 0 aliphatic heterocycles. The zero-order chi connectivity index (χ0) is 35.1. The van der Waals surface area contributed by atoms with Gasteiger partial charge in [-0.3, -0.25) is 15.0 Å². The van der Waals surface area contributed by atoms with E-state index < -0.39 is 11.8 Å². The molecule has 0 atom stereocenters. The van der Waals surface area contributed by atoms with E-state index >= 15 is 0 Å². The van der Waals surface area contributed by atoms with Crippen LogP contribution in [0.1, 0.15) is 15.9 Å². The molecular weight excluding hydrogens is 643 g/mol. The van der Waals surface area contributed by atoms with E-state index in [1.807, 2.05) is 55.5 Å². The van der Waals surface area contributed by atoms with Gasteiger partial charge in [-0.2, -0.15) is 15.3 Å². The van der Waals surface area contributed by atoms with E-state index in [9.17, 15) is 14.4 Å². The molecule has 0 unspecified atom stereocenters. The number of nitrogens with one attached hydrogen (secondary N) is 1. The highest BCUT2D eigenvalue weighted by atomic mass is 32.2. The van der Waals surface area contributed by atoms with Gasteiger partial charge in [-0.15, -0.1) is 10.2 Å². The number of amides is 1. The van der Waals surface area contributed by atoms with E-state index in [1.165, 1.54) is 23.1 Å². The fourth-order valence-corrected chi connectivity index (χ4v) is 5.17. The van der Waals surface area contributed by atoms with Gasteiger partial charge in [0.25, 0.3) is 5.91 Å². The monoisotopic (exact) mass is 673 g/mol. The highest BCUT2D eigenvalue weighted by Crippen LogP contribution is 2.41. The maximum atomic E-state index is 12.1. The summed E-state index contributed by atoms with van der Waals surface area (Å²) in [6.07, 6.45) is 3.85. The number of hydrazone groups is 1. The molecule has 4 aromatic carbocycles. The summed E-state index contributed by atoms with van der Waals surface area (Å²) in [4.78, 5) is 38.4. The van der Waals surface area contributed by atoms with E-state index in [0.717, 1.165) is 15.4 Å². The summed E-state index contributed by atoms with van der Waals surface area (Å²) < 4.78 is 0. The lowest BCUT2D eigenvalue weighted by molar-refractivity contribution is -0.134. The number of anilines is 3. The predicted octanol–water partition coefficient (Wildman–Crippen LogP) is 7.76. The molecule has 246 valence electrons. The number of aryl methyl sites for hydroxylation is 1. The maximum Gasteiger partial charge on any atom is 0.339 e. The van der Waals surface area contributed by atoms with Crippen LogP contribution in [0.3, 0.4) is 0 Å². The number of nitrogens with two attached hydrogens (primary N) is 2. The van der Waals surface area contributed by atoms with Gasteiger partial charge in [-0.05, 0) is 110 Å². The SMILES string of the molecule is Cc1cc(N=Nc2ccc(Sc3ccc(NN=C4C=CC(=O)C(C(=O)O)=C4)cc3)cc2)c(N)c(N=Nc2ccc(C(=O)N(C)C)cc2)c1N. The van der Waals surface area contributed by atoms with Crippen molar-refractivity contribution in [2.45, 2.75) is 16.7 Å². The molecule has 0 radical (unpaired) electrons. The minimum absolute atomic E-state index is 0.112. The average molecular weight is 674 g/mol. The number of carbonyl (C=O) groups excluding carboxylic acids is 2. The first kappa shape index (κ1) is 33.9. The Balaban J connectivity index is 1.22. The van der Waals surface area contributed by atoms with Crippen molar-refractivity contribution in [3.8, 4) is 0 Å². The van der Waals surface area contributed by atoms with Crippen LogP contribution in [0.25, 0.3) is 0 Å². The molecular formula is C35H31N9O4S. The van der Waals surface area contributed by atoms with Crippen LogP contribution >= 0.6 is 11.8 Å². The molecule has 1 aliphatic carbocycles. The molecule has 6 N–H and O–H groups in total. The second kappa shape index (κ2) is 15.0. The maximum absolute atomic E-state index is 12.1. The number of hydrogen-bond acceptors (Lipinski definition) is 12. The number of ketones is 1. The Hall–Kier alpha value is -6.41. The van der Waals surface area contributed by atoms with E-state index in [-0.39, 0.29) is 22.9 Å². The third-order valence-corrected chi connectivity index (χ3v) is 8.07. The lowest BCUT2D eigenvalue weighted by Gasteiger charge is -2.10. The van der Waals surface area contributed by atoms with E-state index in [1.54, 1.807) is 56.2 Å². The normalized spacial score (nSPS) is 13.7. The van der Waals surface area contributed by atoms with Crippen LogP contribution in [-0.4, -0.2) is 47.5 Å². The van der Waals surface area contributed by atoms with Gasteiger partial charge in [0.2, 0.25) is 0 Å². The Kier molecular flexibility index (Phi) is 10.4. The molecule has 0 heterocycles. The molecule has 1 amide bonds. The average Bonchev–Trinajstić information content (AvgIpc) is 3.10. The molecule has 1 aliphatic rings. The van der Waals surface area contributed by atoms with E-state index in [0.29, 0.717) is 39.7 Å². The molecule has 14 heteroatoms. The van der Waals surface area contributed by atoms with Crippen LogP contribution < -0.4 is 16.9 Å². The fourth-order valence-electron chi connectivity index (χ4n) is 4.35. The van der Waals surface area contributed by atoms with Gasteiger partial charge in [0.1, 0.15) is 16.9 Å². The van der Waals surface area contributed by atoms with Gasteiger partial charge < -0.3 is 21.5 Å². The summed E-state index contributed by atoms with van der Waals surface area (Å²) in [7, 11) is 3.37. The summed E-state index contributed by atoms with van der Waals surface area (Å²) in [5, 5.41) is 30.5. The molecule has 0 saturated carbocycles. The van der Waals surface area contributed by atoms with Gasteiger partial charge in [0.15, 0.2) is 5.78 Å². The Labute approximate surface area is 285 Å². The van der Waals surface area contributed by atoms with E-state index in [2.05, 4.69) is 31.0 Å². The standard InChI is InChI=1S/C35H31N9O4S/c1-20-18-29(32(37)33(31(20)36)43-40-22-6-4-21(5-7-22)34(46)44(2)3)42-39-24-10-15-27(16-11-24)49-26-13-8-23(9-14-26)38-41-25-12-17-30(45)28(19-25)35(47)48/h4-19,38H,36-37H2,1-3H3,(H,47,48). The number of nitrogens with zero attached hydrogens (tertiary/aromatic N) is 6. The highest BCUT2D eigenvalue weighted by Gasteiger charge is 2.19. The smallest absolute Gasteiger partial charge is 0.339 e. The number of carbonyl (C=O) groups is 3. The van der Waals surface area contributed by atoms with Crippen LogP contribution in [0, 0.1) is 6.92 Å². The second-order valence-corrected chi connectivity index (χ2v) is 12.0. The van der Waals surface area contributed by atoms with Crippen molar-refractivity contribution in [2.75, 3.05) is 31.0 Å². The Morgan fingerprint density at radius 2 is 1.39 bits per heavy atom. The topological polar surface area (TPSA) is 201 Å². The number of aliphatic carboxylic acids is 1. The van der Waals surface area contributed by atoms with Crippen LogP contribution in [0.4, 0.5) is 39.8 Å². The second-order valence-electron chi connectivity index (χ2n) is 10.9. The number of benzene rings is 4. The molecule has 13 nitrogen and oxygen atoms in total. The van der Waals surface area contributed by atoms with Crippen LogP contribution in [0.2, 0.25) is 0 Å². The zero-order valence-corrected chi connectivity index (χ0v) is 27.5. The van der Waals surface area contributed by atoms with Gasteiger partial charge >= 0.3 is 5.97 Å². The molecule has 0 fully saturated rings. The largest absolute Gasteiger partial charge is 0.478 e. The summed E-state index contributed by atoms with van der Waals surface area (Å²) >= 11 is 1.55. The number of allylic oxidation sites excluding steroid dienone is 3. The van der Waals surface area contributed by atoms with Crippen LogP contribution in [0.5, 0.6) is 0 Å². The number of hydrogen-bond donors (Lipinski definition) is 4. The summed E-state index contributed by atoms with van der Waals surface area (Å²) in [6, 6.07) is 23.5. The van der Waals surface area contributed by atoms with Gasteiger partial charge in [-0.1, -0.05) is 11.8 Å². The molecule has 49 heavy (non-hydrogen) atoms. The molecule has 0 spiro atoms. The van der Waals surface area contributed by atoms with Crippen molar-refractivity contribution in [1.29, 1.82) is 0 Å². The summed E-state index contributed by atoms with van der Waals surface area (Å²) in [5.74, 6) is -1.98. The quantitative estimate of drug-likeness (QED) is 0.0430. The van der Waals surface area contributed by atoms with Crippen LogP contribution in [0.15, 0.2) is 138 Å². The zero-order valence-electron chi connectivity index (χ0n) is 26.7. The van der Waals surface area contributed by atoms with Crippen molar-refractivity contribution in [3.05, 3.63) is 114 Å². The third-order valence-electron chi connectivity index (χ3n) is 7.06.